The molecule has 1 amide bonds. The van der Waals surface area contributed by atoms with Gasteiger partial charge in [-0.2, -0.15) is 0 Å². The van der Waals surface area contributed by atoms with Crippen LogP contribution in [-0.2, 0) is 5.75 Å². The van der Waals surface area contributed by atoms with E-state index in [1.165, 1.54) is 0 Å². The maximum absolute atomic E-state index is 12.1. The minimum Gasteiger partial charge on any atom is -0.345 e. The second-order valence-electron chi connectivity index (χ2n) is 5.89. The Morgan fingerprint density at radius 2 is 1.84 bits per heavy atom. The monoisotopic (exact) mass is 352 g/mol. The highest BCUT2D eigenvalue weighted by atomic mass is 32.2. The molecule has 0 saturated carbocycles. The van der Waals surface area contributed by atoms with Crippen molar-refractivity contribution in [3.8, 4) is 5.69 Å². The highest BCUT2D eigenvalue weighted by Crippen LogP contribution is 2.25. The van der Waals surface area contributed by atoms with Crippen molar-refractivity contribution in [1.82, 2.24) is 19.7 Å². The van der Waals surface area contributed by atoms with Gasteiger partial charge in [0.2, 0.25) is 0 Å². The summed E-state index contributed by atoms with van der Waals surface area (Å²) < 4.78 is 2.04. The molecule has 3 aromatic rings. The van der Waals surface area contributed by atoms with Gasteiger partial charge in [0.1, 0.15) is 5.82 Å². The molecule has 0 saturated heterocycles. The van der Waals surface area contributed by atoms with Gasteiger partial charge in [-0.05, 0) is 36.8 Å². The first-order valence-corrected chi connectivity index (χ1v) is 8.95. The lowest BCUT2D eigenvalue weighted by molar-refractivity contribution is 0.0827. The van der Waals surface area contributed by atoms with Gasteiger partial charge >= 0.3 is 0 Å². The Morgan fingerprint density at radius 1 is 1.08 bits per heavy atom. The molecule has 0 spiro atoms. The number of benzene rings is 2. The zero-order valence-corrected chi connectivity index (χ0v) is 15.3. The van der Waals surface area contributed by atoms with Crippen molar-refractivity contribution in [2.24, 2.45) is 0 Å². The molecule has 25 heavy (non-hydrogen) atoms. The van der Waals surface area contributed by atoms with E-state index in [0.717, 1.165) is 28.0 Å². The zero-order valence-electron chi connectivity index (χ0n) is 14.5. The lowest BCUT2D eigenvalue weighted by Gasteiger charge is -2.11. The number of amides is 1. The second kappa shape index (κ2) is 7.53. The molecule has 3 rings (SSSR count). The van der Waals surface area contributed by atoms with E-state index in [4.69, 9.17) is 0 Å². The Bertz CT molecular complexity index is 874. The first-order valence-electron chi connectivity index (χ1n) is 7.97. The van der Waals surface area contributed by atoms with Crippen LogP contribution in [0.15, 0.2) is 59.8 Å². The standard InChI is InChI=1S/C19H20N4OS/c1-14-20-21-19(23(14)17-10-5-4-6-11-17)25-13-15-8-7-9-16(12-15)18(24)22(2)3/h4-12H,13H2,1-3H3. The van der Waals surface area contributed by atoms with Crippen molar-refractivity contribution in [2.45, 2.75) is 17.8 Å². The molecular formula is C19H20N4OS. The molecule has 0 N–H and O–H groups in total. The molecule has 5 nitrogen and oxygen atoms in total. The van der Waals surface area contributed by atoms with E-state index in [0.29, 0.717) is 5.56 Å². The third-order valence-corrected chi connectivity index (χ3v) is 4.76. The van der Waals surface area contributed by atoms with E-state index in [-0.39, 0.29) is 5.91 Å². The first kappa shape index (κ1) is 17.2. The van der Waals surface area contributed by atoms with Gasteiger partial charge in [0.25, 0.3) is 5.91 Å². The summed E-state index contributed by atoms with van der Waals surface area (Å²) in [7, 11) is 3.52. The number of rotatable bonds is 5. The third-order valence-electron chi connectivity index (χ3n) is 3.76. The Labute approximate surface area is 151 Å². The largest absolute Gasteiger partial charge is 0.345 e. The van der Waals surface area contributed by atoms with E-state index < -0.39 is 0 Å². The quantitative estimate of drug-likeness (QED) is 0.659. The van der Waals surface area contributed by atoms with Gasteiger partial charge in [0.05, 0.1) is 0 Å². The van der Waals surface area contributed by atoms with Crippen LogP contribution >= 0.6 is 11.8 Å². The number of aromatic nitrogens is 3. The lowest BCUT2D eigenvalue weighted by Crippen LogP contribution is -2.21. The SMILES string of the molecule is Cc1nnc(SCc2cccc(C(=O)N(C)C)c2)n1-c1ccccc1. The summed E-state index contributed by atoms with van der Waals surface area (Å²) in [4.78, 5) is 13.7. The molecule has 0 aliphatic heterocycles. The van der Waals surface area contributed by atoms with Crippen LogP contribution in [0, 0.1) is 6.92 Å². The average Bonchev–Trinajstić information content (AvgIpc) is 3.00. The molecule has 0 atom stereocenters. The van der Waals surface area contributed by atoms with Gasteiger partial charge in [0.15, 0.2) is 5.16 Å². The fourth-order valence-corrected chi connectivity index (χ4v) is 3.45. The molecule has 0 fully saturated rings. The number of carbonyl (C=O) groups is 1. The Hall–Kier alpha value is -2.60. The average molecular weight is 352 g/mol. The molecular weight excluding hydrogens is 332 g/mol. The van der Waals surface area contributed by atoms with Crippen LogP contribution in [0.5, 0.6) is 0 Å². The van der Waals surface area contributed by atoms with E-state index in [9.17, 15) is 4.79 Å². The van der Waals surface area contributed by atoms with Crippen molar-refractivity contribution in [3.63, 3.8) is 0 Å². The van der Waals surface area contributed by atoms with E-state index in [1.807, 2.05) is 66.1 Å². The molecule has 0 bridgehead atoms. The Balaban J connectivity index is 1.79. The molecule has 0 aliphatic rings. The van der Waals surface area contributed by atoms with Crippen LogP contribution in [0.1, 0.15) is 21.7 Å². The van der Waals surface area contributed by atoms with Crippen molar-refractivity contribution in [2.75, 3.05) is 14.1 Å². The topological polar surface area (TPSA) is 51.0 Å². The molecule has 0 radical (unpaired) electrons. The summed E-state index contributed by atoms with van der Waals surface area (Å²) in [6.07, 6.45) is 0. The lowest BCUT2D eigenvalue weighted by atomic mass is 10.1. The number of hydrogen-bond donors (Lipinski definition) is 0. The van der Waals surface area contributed by atoms with Gasteiger partial charge < -0.3 is 4.90 Å². The number of hydrogen-bond acceptors (Lipinski definition) is 4. The fourth-order valence-electron chi connectivity index (χ4n) is 2.51. The van der Waals surface area contributed by atoms with E-state index in [2.05, 4.69) is 10.2 Å². The number of para-hydroxylation sites is 1. The van der Waals surface area contributed by atoms with Crippen LogP contribution in [0.2, 0.25) is 0 Å². The third kappa shape index (κ3) is 3.91. The number of thioether (sulfide) groups is 1. The zero-order chi connectivity index (χ0) is 17.8. The van der Waals surface area contributed by atoms with Crippen molar-refractivity contribution in [1.29, 1.82) is 0 Å². The molecule has 1 heterocycles. The summed E-state index contributed by atoms with van der Waals surface area (Å²) >= 11 is 1.61. The molecule has 6 heteroatoms. The summed E-state index contributed by atoms with van der Waals surface area (Å²) in [5.74, 6) is 1.58. The molecule has 128 valence electrons. The molecule has 1 aromatic heterocycles. The van der Waals surface area contributed by atoms with Gasteiger partial charge in [-0.15, -0.1) is 10.2 Å². The number of carbonyl (C=O) groups excluding carboxylic acids is 1. The van der Waals surface area contributed by atoms with Crippen LogP contribution < -0.4 is 0 Å². The van der Waals surface area contributed by atoms with Crippen LogP contribution in [0.4, 0.5) is 0 Å². The summed E-state index contributed by atoms with van der Waals surface area (Å²) in [5, 5.41) is 9.34. The molecule has 2 aromatic carbocycles. The van der Waals surface area contributed by atoms with E-state index in [1.54, 1.807) is 30.8 Å². The number of nitrogens with zero attached hydrogens (tertiary/aromatic N) is 4. The molecule has 0 unspecified atom stereocenters. The first-order chi connectivity index (χ1) is 12.1. The summed E-state index contributed by atoms with van der Waals surface area (Å²) in [6.45, 7) is 1.94. The van der Waals surface area contributed by atoms with Gasteiger partial charge in [0, 0.05) is 31.1 Å². The predicted molar refractivity (Wildman–Crippen MR) is 100 cm³/mol. The summed E-state index contributed by atoms with van der Waals surface area (Å²) in [5.41, 5.74) is 2.82. The van der Waals surface area contributed by atoms with Gasteiger partial charge in [-0.1, -0.05) is 42.1 Å². The minimum absolute atomic E-state index is 0.00940. The second-order valence-corrected chi connectivity index (χ2v) is 6.83. The van der Waals surface area contributed by atoms with Gasteiger partial charge in [-0.25, -0.2) is 0 Å². The van der Waals surface area contributed by atoms with Gasteiger partial charge in [-0.3, -0.25) is 9.36 Å². The maximum atomic E-state index is 12.1. The van der Waals surface area contributed by atoms with Crippen LogP contribution in [0.25, 0.3) is 5.69 Å². The van der Waals surface area contributed by atoms with Crippen molar-refractivity contribution in [3.05, 3.63) is 71.5 Å². The highest BCUT2D eigenvalue weighted by Gasteiger charge is 2.12. The van der Waals surface area contributed by atoms with Crippen LogP contribution in [0.3, 0.4) is 0 Å². The number of aryl methyl sites for hydroxylation is 1. The molecule has 0 aliphatic carbocycles. The van der Waals surface area contributed by atoms with Crippen LogP contribution in [-0.4, -0.2) is 39.7 Å². The van der Waals surface area contributed by atoms with Crippen molar-refractivity contribution < 1.29 is 4.79 Å². The Kier molecular flexibility index (Phi) is 5.19. The summed E-state index contributed by atoms with van der Waals surface area (Å²) in [6, 6.07) is 17.8. The van der Waals surface area contributed by atoms with E-state index >= 15 is 0 Å². The maximum Gasteiger partial charge on any atom is 0.253 e. The smallest absolute Gasteiger partial charge is 0.253 e. The highest BCUT2D eigenvalue weighted by molar-refractivity contribution is 7.98. The predicted octanol–water partition coefficient (Wildman–Crippen LogP) is 3.57. The minimum atomic E-state index is 0.00940. The normalized spacial score (nSPS) is 10.7. The fraction of sp³-hybridized carbons (Fsp3) is 0.211. The van der Waals surface area contributed by atoms with Crippen molar-refractivity contribution >= 4 is 17.7 Å². The Morgan fingerprint density at radius 3 is 2.56 bits per heavy atom.